The van der Waals surface area contributed by atoms with Crippen LogP contribution in [0.1, 0.15) is 37.3 Å². The summed E-state index contributed by atoms with van der Waals surface area (Å²) in [4.78, 5) is 25.4. The van der Waals surface area contributed by atoms with E-state index in [4.69, 9.17) is 0 Å². The largest absolute Gasteiger partial charge is 0.331 e. The lowest BCUT2D eigenvalue weighted by molar-refractivity contribution is 0.0846. The van der Waals surface area contributed by atoms with Gasteiger partial charge in [0.15, 0.2) is 5.43 Å². The van der Waals surface area contributed by atoms with Crippen LogP contribution in [0.3, 0.4) is 0 Å². The number of para-hydroxylation sites is 2. The topological polar surface area (TPSA) is 51.1 Å². The third-order valence-electron chi connectivity index (χ3n) is 4.52. The van der Waals surface area contributed by atoms with Crippen LogP contribution in [0.2, 0.25) is 0 Å². The SMILES string of the molecule is CC(C)(C)C1NC(=O)c2cccc3c(=O)c4ccccc4n1c23. The molecule has 1 aromatic heterocycles. The number of fused-ring (bicyclic) bond motifs is 2. The van der Waals surface area contributed by atoms with Crippen molar-refractivity contribution in [2.24, 2.45) is 5.41 Å². The first-order chi connectivity index (χ1) is 10.9. The highest BCUT2D eigenvalue weighted by Crippen LogP contribution is 2.37. The molecule has 3 aromatic rings. The van der Waals surface area contributed by atoms with Gasteiger partial charge < -0.3 is 9.88 Å². The maximum absolute atomic E-state index is 12.9. The number of pyridine rings is 1. The van der Waals surface area contributed by atoms with Crippen LogP contribution in [0.5, 0.6) is 0 Å². The molecule has 0 aliphatic carbocycles. The molecule has 1 unspecified atom stereocenters. The maximum atomic E-state index is 12.9. The van der Waals surface area contributed by atoms with E-state index in [0.29, 0.717) is 16.3 Å². The second-order valence-corrected chi connectivity index (χ2v) is 7.16. The molecule has 2 aromatic carbocycles. The van der Waals surface area contributed by atoms with Crippen molar-refractivity contribution in [3.8, 4) is 0 Å². The molecule has 0 saturated carbocycles. The van der Waals surface area contributed by atoms with Crippen molar-refractivity contribution in [1.29, 1.82) is 0 Å². The van der Waals surface area contributed by atoms with Crippen molar-refractivity contribution >= 4 is 27.7 Å². The summed E-state index contributed by atoms with van der Waals surface area (Å²) in [6.45, 7) is 6.26. The molecule has 2 heterocycles. The highest BCUT2D eigenvalue weighted by molar-refractivity contribution is 6.09. The van der Waals surface area contributed by atoms with Crippen molar-refractivity contribution in [2.45, 2.75) is 26.9 Å². The first-order valence-corrected chi connectivity index (χ1v) is 7.76. The predicted octanol–water partition coefficient (Wildman–Crippen LogP) is 3.44. The number of hydrogen-bond acceptors (Lipinski definition) is 2. The third kappa shape index (κ3) is 1.84. The summed E-state index contributed by atoms with van der Waals surface area (Å²) in [5.41, 5.74) is 1.95. The number of carbonyl (C=O) groups is 1. The molecule has 1 atom stereocenters. The first kappa shape index (κ1) is 14.0. The molecule has 1 N–H and O–H groups in total. The van der Waals surface area contributed by atoms with E-state index in [0.717, 1.165) is 11.0 Å². The smallest absolute Gasteiger partial charge is 0.255 e. The minimum atomic E-state index is -0.210. The molecule has 0 radical (unpaired) electrons. The van der Waals surface area contributed by atoms with Crippen LogP contribution >= 0.6 is 0 Å². The highest BCUT2D eigenvalue weighted by Gasteiger charge is 2.35. The molecule has 23 heavy (non-hydrogen) atoms. The molecule has 4 heteroatoms. The molecule has 4 rings (SSSR count). The van der Waals surface area contributed by atoms with Gasteiger partial charge in [0, 0.05) is 16.2 Å². The molecular formula is C19H18N2O2. The van der Waals surface area contributed by atoms with Crippen molar-refractivity contribution in [1.82, 2.24) is 9.88 Å². The maximum Gasteiger partial charge on any atom is 0.255 e. The summed E-state index contributed by atoms with van der Waals surface area (Å²) < 4.78 is 2.11. The highest BCUT2D eigenvalue weighted by atomic mass is 16.2. The molecule has 1 amide bonds. The number of amides is 1. The van der Waals surface area contributed by atoms with Crippen LogP contribution in [0, 0.1) is 5.41 Å². The zero-order valence-corrected chi connectivity index (χ0v) is 13.4. The van der Waals surface area contributed by atoms with Gasteiger partial charge in [0.05, 0.1) is 16.6 Å². The number of rotatable bonds is 0. The number of aromatic nitrogens is 1. The van der Waals surface area contributed by atoms with E-state index in [2.05, 4.69) is 30.7 Å². The minimum Gasteiger partial charge on any atom is -0.331 e. The van der Waals surface area contributed by atoms with Gasteiger partial charge in [0.1, 0.15) is 6.17 Å². The van der Waals surface area contributed by atoms with Crippen molar-refractivity contribution in [3.63, 3.8) is 0 Å². The Morgan fingerprint density at radius 2 is 1.65 bits per heavy atom. The molecule has 0 saturated heterocycles. The van der Waals surface area contributed by atoms with Crippen LogP contribution in [0.4, 0.5) is 0 Å². The van der Waals surface area contributed by atoms with E-state index in [1.165, 1.54) is 0 Å². The summed E-state index contributed by atoms with van der Waals surface area (Å²) in [6.07, 6.45) is -0.210. The number of hydrogen-bond donors (Lipinski definition) is 1. The van der Waals surface area contributed by atoms with Gasteiger partial charge in [-0.2, -0.15) is 0 Å². The van der Waals surface area contributed by atoms with Gasteiger partial charge in [-0.25, -0.2) is 0 Å². The van der Waals surface area contributed by atoms with Gasteiger partial charge in [-0.1, -0.05) is 39.0 Å². The Hall–Kier alpha value is -2.62. The molecule has 4 nitrogen and oxygen atoms in total. The summed E-state index contributed by atoms with van der Waals surface area (Å²) >= 11 is 0. The van der Waals surface area contributed by atoms with Crippen LogP contribution < -0.4 is 10.7 Å². The van der Waals surface area contributed by atoms with Crippen LogP contribution in [0.25, 0.3) is 21.8 Å². The van der Waals surface area contributed by atoms with E-state index in [1.54, 1.807) is 12.1 Å². The van der Waals surface area contributed by atoms with Crippen molar-refractivity contribution in [2.75, 3.05) is 0 Å². The van der Waals surface area contributed by atoms with E-state index in [9.17, 15) is 9.59 Å². The van der Waals surface area contributed by atoms with Gasteiger partial charge in [-0.05, 0) is 24.3 Å². The Kier molecular flexibility index (Phi) is 2.71. The molecule has 116 valence electrons. The molecular weight excluding hydrogens is 288 g/mol. The molecule has 0 spiro atoms. The number of benzene rings is 2. The quantitative estimate of drug-likeness (QED) is 0.647. The fourth-order valence-corrected chi connectivity index (χ4v) is 3.45. The van der Waals surface area contributed by atoms with Gasteiger partial charge in [-0.15, -0.1) is 0 Å². The summed E-state index contributed by atoms with van der Waals surface area (Å²) in [7, 11) is 0. The number of nitrogens with zero attached hydrogens (tertiary/aromatic N) is 1. The Morgan fingerprint density at radius 1 is 0.957 bits per heavy atom. The van der Waals surface area contributed by atoms with E-state index in [1.807, 2.05) is 30.3 Å². The Morgan fingerprint density at radius 3 is 2.39 bits per heavy atom. The average molecular weight is 306 g/mol. The van der Waals surface area contributed by atoms with Crippen LogP contribution in [-0.4, -0.2) is 10.5 Å². The van der Waals surface area contributed by atoms with Gasteiger partial charge in [0.25, 0.3) is 5.91 Å². The Bertz CT molecular complexity index is 1030. The van der Waals surface area contributed by atoms with Crippen molar-refractivity contribution in [3.05, 3.63) is 58.3 Å². The Balaban J connectivity index is 2.32. The zero-order chi connectivity index (χ0) is 16.4. The van der Waals surface area contributed by atoms with Crippen LogP contribution in [-0.2, 0) is 0 Å². The van der Waals surface area contributed by atoms with Crippen molar-refractivity contribution < 1.29 is 4.79 Å². The lowest BCUT2D eigenvalue weighted by Crippen LogP contribution is -2.44. The normalized spacial score (nSPS) is 17.5. The predicted molar refractivity (Wildman–Crippen MR) is 91.7 cm³/mol. The molecule has 0 fully saturated rings. The number of carbonyl (C=O) groups excluding carboxylic acids is 1. The summed E-state index contributed by atoms with van der Waals surface area (Å²) in [6, 6.07) is 13.0. The lowest BCUT2D eigenvalue weighted by atomic mass is 9.89. The second-order valence-electron chi connectivity index (χ2n) is 7.16. The third-order valence-corrected chi connectivity index (χ3v) is 4.52. The molecule has 1 aliphatic rings. The lowest BCUT2D eigenvalue weighted by Gasteiger charge is -2.38. The monoisotopic (exact) mass is 306 g/mol. The average Bonchev–Trinajstić information content (AvgIpc) is 2.52. The fourth-order valence-electron chi connectivity index (χ4n) is 3.45. The number of nitrogens with one attached hydrogen (secondary N) is 1. The fraction of sp³-hybridized carbons (Fsp3) is 0.263. The molecule has 1 aliphatic heterocycles. The van der Waals surface area contributed by atoms with Gasteiger partial charge >= 0.3 is 0 Å². The van der Waals surface area contributed by atoms with E-state index < -0.39 is 0 Å². The first-order valence-electron chi connectivity index (χ1n) is 7.76. The summed E-state index contributed by atoms with van der Waals surface area (Å²) in [5.74, 6) is -0.120. The molecule has 0 bridgehead atoms. The van der Waals surface area contributed by atoms with E-state index >= 15 is 0 Å². The Labute approximate surface area is 133 Å². The standard InChI is InChI=1S/C19H18N2O2/c1-19(2,3)18-20-17(23)13-9-6-8-12-15(13)21(18)14-10-5-4-7-11(14)16(12)22/h4-10,18H,1-3H3,(H,20,23). The zero-order valence-electron chi connectivity index (χ0n) is 13.4. The van der Waals surface area contributed by atoms with Gasteiger partial charge in [-0.3, -0.25) is 9.59 Å². The second kappa shape index (κ2) is 4.44. The minimum absolute atomic E-state index is 0.0175. The van der Waals surface area contributed by atoms with E-state index in [-0.39, 0.29) is 22.9 Å². The van der Waals surface area contributed by atoms with Gasteiger partial charge in [0.2, 0.25) is 0 Å². The van der Waals surface area contributed by atoms with Crippen LogP contribution in [0.15, 0.2) is 47.3 Å². The summed E-state index contributed by atoms with van der Waals surface area (Å²) in [5, 5.41) is 4.39.